The Labute approximate surface area is 238 Å². The quantitative estimate of drug-likeness (QED) is 0.353. The van der Waals surface area contributed by atoms with Crippen LogP contribution in [0.15, 0.2) is 48.8 Å². The maximum atomic E-state index is 13.7. The Morgan fingerprint density at radius 2 is 1.83 bits per heavy atom. The van der Waals surface area contributed by atoms with Crippen LogP contribution in [0.1, 0.15) is 11.4 Å². The van der Waals surface area contributed by atoms with Crippen molar-refractivity contribution in [2.75, 3.05) is 60.2 Å². The first-order chi connectivity index (χ1) is 19.7. The molecule has 41 heavy (non-hydrogen) atoms. The molecular formula is C29H36F2N4O6. The Bertz CT molecular complexity index is 1300. The van der Waals surface area contributed by atoms with Crippen LogP contribution >= 0.6 is 0 Å². The number of benzene rings is 2. The van der Waals surface area contributed by atoms with E-state index >= 15 is 0 Å². The van der Waals surface area contributed by atoms with E-state index in [0.29, 0.717) is 44.3 Å². The molecule has 1 aliphatic heterocycles. The number of aromatic nitrogens is 2. The van der Waals surface area contributed by atoms with Crippen molar-refractivity contribution < 1.29 is 37.6 Å². The molecule has 1 fully saturated rings. The van der Waals surface area contributed by atoms with Gasteiger partial charge >= 0.3 is 0 Å². The van der Waals surface area contributed by atoms with E-state index in [1.807, 2.05) is 40.8 Å². The molecule has 10 nitrogen and oxygen atoms in total. The van der Waals surface area contributed by atoms with Crippen molar-refractivity contribution in [3.8, 4) is 17.2 Å². The van der Waals surface area contributed by atoms with Crippen molar-refractivity contribution in [1.29, 1.82) is 0 Å². The van der Waals surface area contributed by atoms with Gasteiger partial charge in [-0.1, -0.05) is 6.07 Å². The molecule has 0 aliphatic carbocycles. The Balaban J connectivity index is 1.48. The summed E-state index contributed by atoms with van der Waals surface area (Å²) in [5.74, 6) is 0.166. The topological polar surface area (TPSA) is 98.5 Å². The van der Waals surface area contributed by atoms with E-state index in [1.165, 1.54) is 12.0 Å². The van der Waals surface area contributed by atoms with Crippen LogP contribution in [0, 0.1) is 18.6 Å². The number of hydrogen-bond donors (Lipinski definition) is 1. The number of aliphatic hydroxyl groups is 1. The molecule has 12 heteroatoms. The van der Waals surface area contributed by atoms with Crippen molar-refractivity contribution in [2.24, 2.45) is 0 Å². The molecule has 1 aromatic heterocycles. The van der Waals surface area contributed by atoms with Gasteiger partial charge in [-0.25, -0.2) is 13.8 Å². The number of β-amino-alcohol motifs (C(OH)–C–C–N with tert-alkyl or cyclic N) is 1. The predicted molar refractivity (Wildman–Crippen MR) is 146 cm³/mol. The molecule has 1 aliphatic rings. The zero-order valence-corrected chi connectivity index (χ0v) is 23.5. The molecule has 1 amide bonds. The standard InChI is InChI=1S/C29H36F2N4O6/c1-21-32-6-7-34(21)10-11-40-27-12-22(4-5-26(27)39-3)16-33-8-9-35(28(36)17-38-2)19-29(37,18-33)20-41-25-14-23(30)13-24(31)15-25/h4-7,12-15,37H,8-11,16-20H2,1-3H3/t29-/m0/s1. The minimum Gasteiger partial charge on any atom is -0.493 e. The van der Waals surface area contributed by atoms with E-state index in [-0.39, 0.29) is 38.0 Å². The van der Waals surface area contributed by atoms with E-state index < -0.39 is 17.2 Å². The number of nitrogens with zero attached hydrogens (tertiary/aromatic N) is 4. The molecule has 222 valence electrons. The van der Waals surface area contributed by atoms with Crippen LogP contribution in [-0.4, -0.2) is 96.2 Å². The van der Waals surface area contributed by atoms with E-state index in [9.17, 15) is 18.7 Å². The zero-order valence-electron chi connectivity index (χ0n) is 23.5. The number of rotatable bonds is 12. The molecule has 2 heterocycles. The number of aryl methyl sites for hydroxylation is 1. The maximum Gasteiger partial charge on any atom is 0.248 e. The average Bonchev–Trinajstić information content (AvgIpc) is 3.25. The smallest absolute Gasteiger partial charge is 0.248 e. The number of hydrogen-bond acceptors (Lipinski definition) is 8. The van der Waals surface area contributed by atoms with Crippen LogP contribution in [-0.2, 0) is 22.6 Å². The first-order valence-electron chi connectivity index (χ1n) is 13.3. The SMILES string of the molecule is COCC(=O)N1CCN(Cc2ccc(OC)c(OCCn3ccnc3C)c2)C[C@@](O)(COc2cc(F)cc(F)c2)C1. The van der Waals surface area contributed by atoms with Crippen LogP contribution < -0.4 is 14.2 Å². The number of imidazole rings is 1. The molecule has 0 bridgehead atoms. The normalized spacial score (nSPS) is 17.8. The van der Waals surface area contributed by atoms with Crippen molar-refractivity contribution in [3.63, 3.8) is 0 Å². The van der Waals surface area contributed by atoms with Crippen molar-refractivity contribution in [2.45, 2.75) is 25.6 Å². The molecule has 1 N–H and O–H groups in total. The molecule has 4 rings (SSSR count). The van der Waals surface area contributed by atoms with Gasteiger partial charge in [-0.05, 0) is 24.6 Å². The first-order valence-corrected chi connectivity index (χ1v) is 13.3. The van der Waals surface area contributed by atoms with Gasteiger partial charge in [0.1, 0.15) is 48.6 Å². The average molecular weight is 575 g/mol. The highest BCUT2D eigenvalue weighted by atomic mass is 19.1. The molecule has 0 saturated carbocycles. The summed E-state index contributed by atoms with van der Waals surface area (Å²) < 4.78 is 51.5. The molecule has 3 aromatic rings. The van der Waals surface area contributed by atoms with Gasteiger partial charge in [0.05, 0.1) is 20.2 Å². The summed E-state index contributed by atoms with van der Waals surface area (Å²) in [6.45, 7) is 3.90. The van der Waals surface area contributed by atoms with Crippen LogP contribution in [0.4, 0.5) is 8.78 Å². The summed E-state index contributed by atoms with van der Waals surface area (Å²) in [5, 5.41) is 11.6. The Morgan fingerprint density at radius 1 is 1.05 bits per heavy atom. The molecule has 1 atom stereocenters. The zero-order chi connectivity index (χ0) is 29.4. The van der Waals surface area contributed by atoms with Crippen LogP contribution in [0.5, 0.6) is 17.2 Å². The third-order valence-corrected chi connectivity index (χ3v) is 6.80. The second-order valence-electron chi connectivity index (χ2n) is 10.1. The van der Waals surface area contributed by atoms with Gasteiger partial charge in [0.2, 0.25) is 5.91 Å². The van der Waals surface area contributed by atoms with Crippen molar-refractivity contribution >= 4 is 5.91 Å². The second-order valence-corrected chi connectivity index (χ2v) is 10.1. The fourth-order valence-corrected chi connectivity index (χ4v) is 4.81. The Hall–Kier alpha value is -3.74. The lowest BCUT2D eigenvalue weighted by molar-refractivity contribution is -0.138. The molecule has 1 saturated heterocycles. The lowest BCUT2D eigenvalue weighted by Gasteiger charge is -2.33. The van der Waals surface area contributed by atoms with E-state index in [1.54, 1.807) is 13.3 Å². The van der Waals surface area contributed by atoms with Gasteiger partial charge in [0.25, 0.3) is 0 Å². The van der Waals surface area contributed by atoms with Gasteiger partial charge < -0.3 is 33.5 Å². The Kier molecular flexibility index (Phi) is 10.1. The number of methoxy groups -OCH3 is 2. The summed E-state index contributed by atoms with van der Waals surface area (Å²) in [7, 11) is 3.00. The van der Waals surface area contributed by atoms with Crippen molar-refractivity contribution in [3.05, 3.63) is 71.8 Å². The summed E-state index contributed by atoms with van der Waals surface area (Å²) in [5.41, 5.74) is -0.622. The van der Waals surface area contributed by atoms with Gasteiger partial charge in [0.15, 0.2) is 11.5 Å². The Morgan fingerprint density at radius 3 is 2.51 bits per heavy atom. The number of carbonyl (C=O) groups is 1. The van der Waals surface area contributed by atoms with Crippen molar-refractivity contribution in [1.82, 2.24) is 19.4 Å². The van der Waals surface area contributed by atoms with Crippen LogP contribution in [0.25, 0.3) is 0 Å². The summed E-state index contributed by atoms with van der Waals surface area (Å²) in [6.07, 6.45) is 3.63. The lowest BCUT2D eigenvalue weighted by atomic mass is 10.0. The predicted octanol–water partition coefficient (Wildman–Crippen LogP) is 2.66. The number of halogens is 2. The number of carbonyl (C=O) groups excluding carboxylic acids is 1. The van der Waals surface area contributed by atoms with E-state index in [0.717, 1.165) is 29.6 Å². The highest BCUT2D eigenvalue weighted by molar-refractivity contribution is 5.77. The van der Waals surface area contributed by atoms with Gasteiger partial charge in [0, 0.05) is 63.9 Å². The monoisotopic (exact) mass is 574 g/mol. The second kappa shape index (κ2) is 13.7. The molecule has 0 unspecified atom stereocenters. The van der Waals surface area contributed by atoms with E-state index in [2.05, 4.69) is 4.98 Å². The minimum absolute atomic E-state index is 0.0336. The molecule has 2 aromatic carbocycles. The van der Waals surface area contributed by atoms with Crippen LogP contribution in [0.2, 0.25) is 0 Å². The first kappa shape index (κ1) is 30.2. The van der Waals surface area contributed by atoms with Gasteiger partial charge in [-0.2, -0.15) is 0 Å². The maximum absolute atomic E-state index is 13.7. The summed E-state index contributed by atoms with van der Waals surface area (Å²) >= 11 is 0. The molecular weight excluding hydrogens is 538 g/mol. The fourth-order valence-electron chi connectivity index (χ4n) is 4.81. The minimum atomic E-state index is -1.53. The van der Waals surface area contributed by atoms with Crippen LogP contribution in [0.3, 0.4) is 0 Å². The summed E-state index contributed by atoms with van der Waals surface area (Å²) in [6, 6.07) is 8.46. The summed E-state index contributed by atoms with van der Waals surface area (Å²) in [4.78, 5) is 20.4. The molecule has 0 radical (unpaired) electrons. The highest BCUT2D eigenvalue weighted by Gasteiger charge is 2.37. The highest BCUT2D eigenvalue weighted by Crippen LogP contribution is 2.29. The van der Waals surface area contributed by atoms with Gasteiger partial charge in [-0.15, -0.1) is 0 Å². The number of ether oxygens (including phenoxy) is 4. The molecule has 0 spiro atoms. The van der Waals surface area contributed by atoms with E-state index in [4.69, 9.17) is 18.9 Å². The number of amides is 1. The fraction of sp³-hybridized carbons (Fsp3) is 0.448. The van der Waals surface area contributed by atoms with Gasteiger partial charge in [-0.3, -0.25) is 9.69 Å². The lowest BCUT2D eigenvalue weighted by Crippen LogP contribution is -2.52. The largest absolute Gasteiger partial charge is 0.493 e. The third kappa shape index (κ3) is 8.38. The third-order valence-electron chi connectivity index (χ3n) is 6.80.